The third-order valence-electron chi connectivity index (χ3n) is 9.17. The first-order chi connectivity index (χ1) is 16.6. The minimum absolute atomic E-state index is 0.0884. The van der Waals surface area contributed by atoms with E-state index in [1.807, 2.05) is 0 Å². The van der Waals surface area contributed by atoms with E-state index in [2.05, 4.69) is 28.4 Å². The fourth-order valence-corrected chi connectivity index (χ4v) is 8.33. The molecule has 1 unspecified atom stereocenters. The van der Waals surface area contributed by atoms with Crippen LogP contribution >= 0.6 is 0 Å². The third-order valence-corrected chi connectivity index (χ3v) is 11.3. The molecule has 5 aliphatic rings. The predicted octanol–water partition coefficient (Wildman–Crippen LogP) is 3.87. The van der Waals surface area contributed by atoms with Crippen LogP contribution in [0, 0.1) is 0 Å². The van der Waals surface area contributed by atoms with Crippen molar-refractivity contribution in [2.24, 2.45) is 0 Å². The molecule has 1 aromatic carbocycles. The topological polar surface area (TPSA) is 78.4 Å². The summed E-state index contributed by atoms with van der Waals surface area (Å²) >= 11 is 0. The zero-order chi connectivity index (χ0) is 22.9. The Morgan fingerprint density at radius 3 is 2.56 bits per heavy atom. The van der Waals surface area contributed by atoms with Gasteiger partial charge in [-0.05, 0) is 86.8 Å². The number of nitrogens with zero attached hydrogens (tertiary/aromatic N) is 3. The molecular weight excluding hydrogens is 444 g/mol. The quantitative estimate of drug-likeness (QED) is 0.679. The van der Waals surface area contributed by atoms with Gasteiger partial charge in [-0.15, -0.1) is 0 Å². The molecule has 0 amide bonds. The van der Waals surface area contributed by atoms with Gasteiger partial charge in [0, 0.05) is 19.5 Å². The van der Waals surface area contributed by atoms with E-state index in [1.54, 1.807) is 11.1 Å². The summed E-state index contributed by atoms with van der Waals surface area (Å²) < 4.78 is 13.3. The summed E-state index contributed by atoms with van der Waals surface area (Å²) in [6, 6.07) is 7.18. The maximum absolute atomic E-state index is 13.4. The van der Waals surface area contributed by atoms with Crippen LogP contribution in [0.5, 0.6) is 0 Å². The molecular formula is C27H34N4O2S. The average Bonchev–Trinajstić information content (AvgIpc) is 3.36. The van der Waals surface area contributed by atoms with Gasteiger partial charge < -0.3 is 15.3 Å². The maximum atomic E-state index is 13.4. The van der Waals surface area contributed by atoms with Gasteiger partial charge in [0.15, 0.2) is 0 Å². The Bertz CT molecular complexity index is 1160. The largest absolute Gasteiger partial charge is 0.394 e. The van der Waals surface area contributed by atoms with Gasteiger partial charge in [-0.3, -0.25) is 4.21 Å². The van der Waals surface area contributed by atoms with Crippen molar-refractivity contribution in [3.05, 3.63) is 40.6 Å². The molecule has 2 saturated carbocycles. The van der Waals surface area contributed by atoms with Gasteiger partial charge in [0.2, 0.25) is 5.95 Å². The number of aliphatic hydroxyl groups excluding tert-OH is 1. The van der Waals surface area contributed by atoms with Gasteiger partial charge >= 0.3 is 0 Å². The van der Waals surface area contributed by atoms with E-state index in [4.69, 9.17) is 9.97 Å². The van der Waals surface area contributed by atoms with Crippen molar-refractivity contribution >= 4 is 22.6 Å². The summed E-state index contributed by atoms with van der Waals surface area (Å²) in [4.78, 5) is 13.1. The zero-order valence-corrected chi connectivity index (χ0v) is 20.6. The Kier molecular flexibility index (Phi) is 4.86. The molecule has 3 aliphatic carbocycles. The van der Waals surface area contributed by atoms with E-state index in [0.717, 1.165) is 86.8 Å². The second kappa shape index (κ2) is 7.76. The molecule has 2 aliphatic heterocycles. The summed E-state index contributed by atoms with van der Waals surface area (Å²) in [5, 5.41) is 13.6. The lowest BCUT2D eigenvalue weighted by atomic mass is 9.77. The van der Waals surface area contributed by atoms with E-state index in [0.29, 0.717) is 5.92 Å². The number of fused-ring (bicyclic) bond motifs is 2. The molecule has 1 spiro atoms. The SMILES string of the molecule is O=S1c2c(nc(N3CCC(c4ccc5c(c4)CCC5)CC3)nc2NC2(CO)CCC2)CC12CC2. The highest BCUT2D eigenvalue weighted by atomic mass is 32.2. The lowest BCUT2D eigenvalue weighted by molar-refractivity contribution is 0.143. The number of piperidine rings is 1. The van der Waals surface area contributed by atoms with Crippen LogP contribution in [0.3, 0.4) is 0 Å². The minimum atomic E-state index is -1.05. The number of rotatable bonds is 5. The van der Waals surface area contributed by atoms with Crippen molar-refractivity contribution in [2.75, 3.05) is 29.9 Å². The number of aromatic nitrogens is 2. The molecule has 1 saturated heterocycles. The Hall–Kier alpha value is -1.99. The van der Waals surface area contributed by atoms with Crippen LogP contribution in [-0.4, -0.2) is 49.3 Å². The van der Waals surface area contributed by atoms with Crippen molar-refractivity contribution < 1.29 is 9.32 Å². The van der Waals surface area contributed by atoms with Crippen LogP contribution in [0.25, 0.3) is 0 Å². The Labute approximate surface area is 204 Å². The van der Waals surface area contributed by atoms with E-state index in [-0.39, 0.29) is 16.9 Å². The van der Waals surface area contributed by atoms with Gasteiger partial charge in [0.05, 0.1) is 33.4 Å². The second-order valence-electron chi connectivity index (χ2n) is 11.3. The molecule has 1 aromatic heterocycles. The smallest absolute Gasteiger partial charge is 0.227 e. The van der Waals surface area contributed by atoms with E-state index in [9.17, 15) is 9.32 Å². The molecule has 2 N–H and O–H groups in total. The fraction of sp³-hybridized carbons (Fsp3) is 0.630. The molecule has 2 aromatic rings. The molecule has 7 heteroatoms. The van der Waals surface area contributed by atoms with Crippen molar-refractivity contribution in [1.82, 2.24) is 9.97 Å². The molecule has 34 heavy (non-hydrogen) atoms. The van der Waals surface area contributed by atoms with Gasteiger partial charge in [-0.1, -0.05) is 18.2 Å². The summed E-state index contributed by atoms with van der Waals surface area (Å²) in [5.41, 5.74) is 5.26. The van der Waals surface area contributed by atoms with E-state index >= 15 is 0 Å². The van der Waals surface area contributed by atoms with E-state index in [1.165, 1.54) is 24.8 Å². The highest BCUT2D eigenvalue weighted by molar-refractivity contribution is 7.87. The Balaban J connectivity index is 1.14. The standard InChI is InChI=1S/C27H34N4O2S/c32-17-26(9-2-10-26)30-24-23-22(16-27(11-12-27)34(23)33)28-25(29-24)31-13-7-19(8-14-31)21-6-5-18-3-1-4-20(18)15-21/h5-6,15,19,32H,1-4,7-14,16-17H2,(H,28,29,30). The van der Waals surface area contributed by atoms with Crippen LogP contribution < -0.4 is 10.2 Å². The fourth-order valence-electron chi connectivity index (χ4n) is 6.55. The van der Waals surface area contributed by atoms with Gasteiger partial charge in [0.1, 0.15) is 10.7 Å². The first kappa shape index (κ1) is 21.3. The van der Waals surface area contributed by atoms with Gasteiger partial charge in [0.25, 0.3) is 0 Å². The number of anilines is 2. The highest BCUT2D eigenvalue weighted by Crippen LogP contribution is 2.54. The van der Waals surface area contributed by atoms with Crippen LogP contribution in [0.2, 0.25) is 0 Å². The van der Waals surface area contributed by atoms with Crippen molar-refractivity contribution in [2.45, 2.75) is 91.7 Å². The molecule has 6 nitrogen and oxygen atoms in total. The van der Waals surface area contributed by atoms with Crippen LogP contribution in [0.1, 0.15) is 79.7 Å². The molecule has 180 valence electrons. The number of aliphatic hydroxyl groups is 1. The number of aryl methyl sites for hydroxylation is 2. The lowest BCUT2D eigenvalue weighted by Gasteiger charge is -2.42. The van der Waals surface area contributed by atoms with Gasteiger partial charge in [-0.25, -0.2) is 4.98 Å². The highest BCUT2D eigenvalue weighted by Gasteiger charge is 2.56. The Morgan fingerprint density at radius 2 is 1.85 bits per heavy atom. The molecule has 0 bridgehead atoms. The first-order valence-electron chi connectivity index (χ1n) is 13.2. The average molecular weight is 479 g/mol. The molecule has 7 rings (SSSR count). The van der Waals surface area contributed by atoms with Crippen molar-refractivity contribution in [3.63, 3.8) is 0 Å². The maximum Gasteiger partial charge on any atom is 0.227 e. The number of nitrogens with one attached hydrogen (secondary N) is 1. The van der Waals surface area contributed by atoms with Crippen LogP contribution in [0.15, 0.2) is 23.1 Å². The summed E-state index contributed by atoms with van der Waals surface area (Å²) in [6.07, 6.45) is 11.8. The Morgan fingerprint density at radius 1 is 1.06 bits per heavy atom. The molecule has 3 fully saturated rings. The van der Waals surface area contributed by atoms with E-state index < -0.39 is 10.8 Å². The first-order valence-corrected chi connectivity index (χ1v) is 14.3. The van der Waals surface area contributed by atoms with Crippen LogP contribution in [0.4, 0.5) is 11.8 Å². The number of hydrogen-bond donors (Lipinski definition) is 2. The molecule has 1 atom stereocenters. The lowest BCUT2D eigenvalue weighted by Crippen LogP contribution is -2.49. The number of benzene rings is 1. The molecule has 3 heterocycles. The third kappa shape index (κ3) is 3.34. The normalized spacial score (nSPS) is 26.3. The van der Waals surface area contributed by atoms with Crippen molar-refractivity contribution in [1.29, 1.82) is 0 Å². The minimum Gasteiger partial charge on any atom is -0.394 e. The summed E-state index contributed by atoms with van der Waals surface area (Å²) in [7, 11) is -1.05. The summed E-state index contributed by atoms with van der Waals surface area (Å²) in [5.74, 6) is 2.09. The van der Waals surface area contributed by atoms with Crippen molar-refractivity contribution in [3.8, 4) is 0 Å². The van der Waals surface area contributed by atoms with Crippen LogP contribution in [-0.2, 0) is 30.1 Å². The number of hydrogen-bond acceptors (Lipinski definition) is 6. The second-order valence-corrected chi connectivity index (χ2v) is 13.1. The van der Waals surface area contributed by atoms with Gasteiger partial charge in [-0.2, -0.15) is 4.98 Å². The zero-order valence-electron chi connectivity index (χ0n) is 19.8. The predicted molar refractivity (Wildman–Crippen MR) is 134 cm³/mol. The molecule has 0 radical (unpaired) electrons. The monoisotopic (exact) mass is 478 g/mol. The summed E-state index contributed by atoms with van der Waals surface area (Å²) in [6.45, 7) is 1.98.